The lowest BCUT2D eigenvalue weighted by atomic mass is 10.1. The Bertz CT molecular complexity index is 633. The fraction of sp³-hybridized carbons (Fsp3) is 0.286. The lowest BCUT2D eigenvalue weighted by Crippen LogP contribution is -1.98. The fourth-order valence-corrected chi connectivity index (χ4v) is 2.95. The molecule has 0 spiro atoms. The molecule has 0 fully saturated rings. The number of methoxy groups -OCH3 is 2. The summed E-state index contributed by atoms with van der Waals surface area (Å²) in [7, 11) is 3.25. The summed E-state index contributed by atoms with van der Waals surface area (Å²) in [5.41, 5.74) is 1.70. The van der Waals surface area contributed by atoms with Gasteiger partial charge < -0.3 is 9.47 Å². The van der Waals surface area contributed by atoms with E-state index in [1.165, 1.54) is 0 Å². The molecule has 0 aliphatic carbocycles. The minimum atomic E-state index is 0.692. The van der Waals surface area contributed by atoms with Gasteiger partial charge in [0.25, 0.3) is 0 Å². The van der Waals surface area contributed by atoms with Gasteiger partial charge in [0, 0.05) is 12.0 Å². The van der Waals surface area contributed by atoms with Crippen molar-refractivity contribution in [1.29, 1.82) is 0 Å². The van der Waals surface area contributed by atoms with Crippen LogP contribution in [0.15, 0.2) is 27.3 Å². The Morgan fingerprint density at radius 3 is 2.45 bits per heavy atom. The average Bonchev–Trinajstić information content (AvgIpc) is 2.46. The molecule has 0 radical (unpaired) electrons. The van der Waals surface area contributed by atoms with E-state index >= 15 is 0 Å². The third-order valence-corrected chi connectivity index (χ3v) is 3.98. The Labute approximate surface area is 134 Å². The van der Waals surface area contributed by atoms with E-state index < -0.39 is 0 Å². The standard InChI is InChI=1S/C14H14Br2N2O2/c1-4-12-17-9(7-11(15)18-12)8-5-6-10(19-2)13(16)14(8)20-3/h5-7H,4H2,1-3H3. The highest BCUT2D eigenvalue weighted by Crippen LogP contribution is 2.41. The molecule has 20 heavy (non-hydrogen) atoms. The quantitative estimate of drug-likeness (QED) is 0.718. The van der Waals surface area contributed by atoms with Crippen molar-refractivity contribution in [3.05, 3.63) is 33.1 Å². The van der Waals surface area contributed by atoms with Crippen LogP contribution in [0.2, 0.25) is 0 Å². The first kappa shape index (κ1) is 15.3. The van der Waals surface area contributed by atoms with Crippen LogP contribution >= 0.6 is 31.9 Å². The van der Waals surface area contributed by atoms with Crippen LogP contribution in [0.3, 0.4) is 0 Å². The molecule has 0 unspecified atom stereocenters. The monoisotopic (exact) mass is 400 g/mol. The van der Waals surface area contributed by atoms with Crippen molar-refractivity contribution in [3.63, 3.8) is 0 Å². The average molecular weight is 402 g/mol. The summed E-state index contributed by atoms with van der Waals surface area (Å²) in [5.74, 6) is 2.19. The number of ether oxygens (including phenoxy) is 2. The van der Waals surface area contributed by atoms with Crippen LogP contribution in [0, 0.1) is 0 Å². The molecule has 0 bridgehead atoms. The third-order valence-electron chi connectivity index (χ3n) is 2.82. The highest BCUT2D eigenvalue weighted by molar-refractivity contribution is 9.10. The molecule has 106 valence electrons. The van der Waals surface area contributed by atoms with E-state index in [2.05, 4.69) is 41.8 Å². The molecule has 2 rings (SSSR count). The van der Waals surface area contributed by atoms with Crippen LogP contribution in [-0.4, -0.2) is 24.2 Å². The van der Waals surface area contributed by atoms with Gasteiger partial charge in [0.15, 0.2) is 0 Å². The van der Waals surface area contributed by atoms with Gasteiger partial charge in [-0.15, -0.1) is 0 Å². The summed E-state index contributed by atoms with van der Waals surface area (Å²) in [4.78, 5) is 8.86. The smallest absolute Gasteiger partial charge is 0.146 e. The molecule has 1 aromatic heterocycles. The highest BCUT2D eigenvalue weighted by Gasteiger charge is 2.16. The van der Waals surface area contributed by atoms with E-state index in [1.54, 1.807) is 14.2 Å². The first-order chi connectivity index (χ1) is 9.60. The van der Waals surface area contributed by atoms with Gasteiger partial charge in [0.2, 0.25) is 0 Å². The van der Waals surface area contributed by atoms with Gasteiger partial charge >= 0.3 is 0 Å². The van der Waals surface area contributed by atoms with E-state index in [0.29, 0.717) is 5.75 Å². The number of aromatic nitrogens is 2. The second-order valence-corrected chi connectivity index (χ2v) is 5.61. The van der Waals surface area contributed by atoms with Crippen LogP contribution in [0.25, 0.3) is 11.3 Å². The highest BCUT2D eigenvalue weighted by atomic mass is 79.9. The minimum absolute atomic E-state index is 0.692. The largest absolute Gasteiger partial charge is 0.495 e. The lowest BCUT2D eigenvalue weighted by molar-refractivity contribution is 0.390. The van der Waals surface area contributed by atoms with E-state index in [-0.39, 0.29) is 0 Å². The molecule has 0 N–H and O–H groups in total. The predicted molar refractivity (Wildman–Crippen MR) is 85.4 cm³/mol. The van der Waals surface area contributed by atoms with Crippen LogP contribution in [-0.2, 0) is 6.42 Å². The first-order valence-electron chi connectivity index (χ1n) is 6.05. The third kappa shape index (κ3) is 2.96. The van der Waals surface area contributed by atoms with E-state index in [4.69, 9.17) is 9.47 Å². The topological polar surface area (TPSA) is 44.2 Å². The lowest BCUT2D eigenvalue weighted by Gasteiger charge is -2.13. The number of hydrogen-bond acceptors (Lipinski definition) is 4. The van der Waals surface area contributed by atoms with Gasteiger partial charge in [-0.25, -0.2) is 9.97 Å². The van der Waals surface area contributed by atoms with Crippen LogP contribution < -0.4 is 9.47 Å². The van der Waals surface area contributed by atoms with Gasteiger partial charge in [-0.3, -0.25) is 0 Å². The Kier molecular flexibility index (Phi) is 4.99. The van der Waals surface area contributed by atoms with Crippen molar-refractivity contribution >= 4 is 31.9 Å². The molecule has 0 aliphatic rings. The van der Waals surface area contributed by atoms with Crippen molar-refractivity contribution in [2.45, 2.75) is 13.3 Å². The van der Waals surface area contributed by atoms with Crippen molar-refractivity contribution in [2.75, 3.05) is 14.2 Å². The molecule has 0 aliphatic heterocycles. The Balaban J connectivity index is 2.63. The van der Waals surface area contributed by atoms with Crippen LogP contribution in [0.4, 0.5) is 0 Å². The molecule has 4 nitrogen and oxygen atoms in total. The summed E-state index contributed by atoms with van der Waals surface area (Å²) < 4.78 is 12.3. The number of rotatable bonds is 4. The van der Waals surface area contributed by atoms with E-state index in [9.17, 15) is 0 Å². The predicted octanol–water partition coefficient (Wildman–Crippen LogP) is 4.25. The Morgan fingerprint density at radius 1 is 1.10 bits per heavy atom. The number of nitrogens with zero attached hydrogens (tertiary/aromatic N) is 2. The number of benzene rings is 1. The maximum atomic E-state index is 5.48. The molecule has 0 atom stereocenters. The van der Waals surface area contributed by atoms with Crippen LogP contribution in [0.5, 0.6) is 11.5 Å². The first-order valence-corrected chi connectivity index (χ1v) is 7.63. The number of aryl methyl sites for hydroxylation is 1. The Morgan fingerprint density at radius 2 is 1.85 bits per heavy atom. The van der Waals surface area contributed by atoms with E-state index in [1.807, 2.05) is 25.1 Å². The van der Waals surface area contributed by atoms with Gasteiger partial charge in [-0.2, -0.15) is 0 Å². The summed E-state index contributed by atoms with van der Waals surface area (Å²) in [6, 6.07) is 5.68. The van der Waals surface area contributed by atoms with Crippen molar-refractivity contribution in [2.24, 2.45) is 0 Å². The maximum Gasteiger partial charge on any atom is 0.146 e. The maximum absolute atomic E-state index is 5.48. The number of halogens is 2. The van der Waals surface area contributed by atoms with E-state index in [0.717, 1.165) is 38.3 Å². The van der Waals surface area contributed by atoms with Gasteiger partial charge in [0.1, 0.15) is 26.4 Å². The summed E-state index contributed by atoms with van der Waals surface area (Å²) in [6.07, 6.45) is 0.770. The summed E-state index contributed by atoms with van der Waals surface area (Å²) in [6.45, 7) is 2.02. The zero-order chi connectivity index (χ0) is 14.7. The Hall–Kier alpha value is -1.14. The molecule has 2 aromatic rings. The molecule has 6 heteroatoms. The molecular formula is C14H14Br2N2O2. The summed E-state index contributed by atoms with van der Waals surface area (Å²) in [5, 5.41) is 0. The zero-order valence-corrected chi connectivity index (χ0v) is 14.6. The van der Waals surface area contributed by atoms with Crippen LogP contribution in [0.1, 0.15) is 12.7 Å². The van der Waals surface area contributed by atoms with Gasteiger partial charge in [-0.1, -0.05) is 6.92 Å². The van der Waals surface area contributed by atoms with Crippen molar-refractivity contribution in [3.8, 4) is 22.8 Å². The molecule has 1 aromatic carbocycles. The fourth-order valence-electron chi connectivity index (χ4n) is 1.86. The molecule has 0 saturated heterocycles. The zero-order valence-electron chi connectivity index (χ0n) is 11.4. The van der Waals surface area contributed by atoms with Gasteiger partial charge in [0.05, 0.1) is 19.9 Å². The van der Waals surface area contributed by atoms with Gasteiger partial charge in [-0.05, 0) is 50.1 Å². The normalized spacial score (nSPS) is 10.4. The summed E-state index contributed by atoms with van der Waals surface area (Å²) >= 11 is 6.91. The second-order valence-electron chi connectivity index (χ2n) is 4.01. The molecular weight excluding hydrogens is 388 g/mol. The SMILES string of the molecule is CCc1nc(Br)cc(-c2ccc(OC)c(Br)c2OC)n1. The number of hydrogen-bond donors (Lipinski definition) is 0. The molecule has 0 saturated carbocycles. The molecule has 0 amide bonds. The second kappa shape index (κ2) is 6.54. The van der Waals surface area contributed by atoms with Crippen molar-refractivity contribution < 1.29 is 9.47 Å². The molecule has 1 heterocycles. The van der Waals surface area contributed by atoms with Crippen molar-refractivity contribution in [1.82, 2.24) is 9.97 Å². The minimum Gasteiger partial charge on any atom is -0.495 e.